The first kappa shape index (κ1) is 29.8. The molecule has 2 heterocycles. The van der Waals surface area contributed by atoms with Crippen LogP contribution in [0.2, 0.25) is 0 Å². The van der Waals surface area contributed by atoms with Gasteiger partial charge in [0, 0.05) is 39.5 Å². The topological polar surface area (TPSA) is 45.7 Å². The van der Waals surface area contributed by atoms with E-state index >= 15 is 0 Å². The number of rotatable bonds is 7. The number of hydrogen-bond acceptors (Lipinski definition) is 5. The molecule has 8 aromatic carbocycles. The molecule has 0 aliphatic carbocycles. The summed E-state index contributed by atoms with van der Waals surface area (Å²) in [6, 6.07) is 64.9. The van der Waals surface area contributed by atoms with E-state index in [4.69, 9.17) is 13.8 Å². The lowest BCUT2D eigenvalue weighted by molar-refractivity contribution is 0.620. The van der Waals surface area contributed by atoms with Gasteiger partial charge < -0.3 is 18.6 Å². The van der Waals surface area contributed by atoms with Crippen LogP contribution in [0.15, 0.2) is 197 Å². The third kappa shape index (κ3) is 5.07. The molecule has 0 unspecified atom stereocenters. The average molecular weight is 670 g/mol. The van der Waals surface area contributed by atoms with Crippen LogP contribution in [0.3, 0.4) is 0 Å². The van der Waals surface area contributed by atoms with Crippen LogP contribution in [0.1, 0.15) is 0 Å². The van der Waals surface area contributed by atoms with Crippen molar-refractivity contribution in [3.05, 3.63) is 188 Å². The van der Waals surface area contributed by atoms with Crippen LogP contribution in [-0.4, -0.2) is 4.98 Å². The minimum atomic E-state index is 0.561. The Morgan fingerprint density at radius 3 is 1.79 bits per heavy atom. The van der Waals surface area contributed by atoms with Crippen molar-refractivity contribution in [3.63, 3.8) is 0 Å². The summed E-state index contributed by atoms with van der Waals surface area (Å²) >= 11 is 0. The maximum Gasteiger partial charge on any atom is 0.227 e. The van der Waals surface area contributed by atoms with Gasteiger partial charge in [-0.05, 0) is 77.5 Å². The number of para-hydroxylation sites is 4. The normalized spacial score (nSPS) is 11.5. The van der Waals surface area contributed by atoms with Gasteiger partial charge in [0.25, 0.3) is 0 Å². The molecular formula is C47H31N3O2. The van der Waals surface area contributed by atoms with Crippen molar-refractivity contribution in [1.82, 2.24) is 4.98 Å². The Balaban J connectivity index is 1.28. The number of nitrogens with zero attached hydrogens (tertiary/aromatic N) is 3. The van der Waals surface area contributed by atoms with Crippen LogP contribution in [-0.2, 0) is 0 Å². The smallest absolute Gasteiger partial charge is 0.227 e. The van der Waals surface area contributed by atoms with Crippen molar-refractivity contribution in [2.45, 2.75) is 0 Å². The number of hydrogen-bond donors (Lipinski definition) is 0. The molecule has 0 saturated carbocycles. The predicted octanol–water partition coefficient (Wildman–Crippen LogP) is 13.5. The Morgan fingerprint density at radius 1 is 0.385 bits per heavy atom. The molecule has 0 aliphatic rings. The number of oxazole rings is 1. The molecule has 0 aliphatic heterocycles. The molecule has 0 amide bonds. The van der Waals surface area contributed by atoms with Crippen molar-refractivity contribution < 1.29 is 8.83 Å². The molecule has 246 valence electrons. The molecule has 0 fully saturated rings. The summed E-state index contributed by atoms with van der Waals surface area (Å²) in [6.45, 7) is 0. The maximum absolute atomic E-state index is 6.70. The van der Waals surface area contributed by atoms with Crippen LogP contribution in [0, 0.1) is 0 Å². The summed E-state index contributed by atoms with van der Waals surface area (Å²) in [5, 5.41) is 4.47. The van der Waals surface area contributed by atoms with Gasteiger partial charge >= 0.3 is 0 Å². The van der Waals surface area contributed by atoms with E-state index in [1.165, 1.54) is 5.39 Å². The number of benzene rings is 8. The molecule has 0 N–H and O–H groups in total. The molecule has 52 heavy (non-hydrogen) atoms. The number of furan rings is 1. The summed E-state index contributed by atoms with van der Waals surface area (Å²) in [4.78, 5) is 9.73. The molecule has 10 rings (SSSR count). The standard InChI is InChI=1S/C47H31N3O2/c1-4-16-33(17-5-1)47-48-45-42(49(35-19-6-2-7-20-35)37-28-27-32-15-10-11-18-34(32)29-37)30-38(31-44(45)52-47)50(36-21-8-3-9-22-36)41-25-14-24-40-39-23-12-13-26-43(39)51-46(40)41/h1-31H. The highest BCUT2D eigenvalue weighted by Gasteiger charge is 2.25. The Kier molecular flexibility index (Phi) is 7.07. The van der Waals surface area contributed by atoms with Gasteiger partial charge in [0.15, 0.2) is 11.2 Å². The highest BCUT2D eigenvalue weighted by Crippen LogP contribution is 2.47. The maximum atomic E-state index is 6.70. The second-order valence-electron chi connectivity index (χ2n) is 12.8. The van der Waals surface area contributed by atoms with Crippen LogP contribution in [0.25, 0.3) is 55.3 Å². The lowest BCUT2D eigenvalue weighted by atomic mass is 10.1. The Morgan fingerprint density at radius 2 is 1.02 bits per heavy atom. The summed E-state index contributed by atoms with van der Waals surface area (Å²) in [5.41, 5.74) is 9.72. The Bertz CT molecular complexity index is 2860. The second-order valence-corrected chi connectivity index (χ2v) is 12.8. The third-order valence-corrected chi connectivity index (χ3v) is 9.62. The Hall–Kier alpha value is -7.11. The van der Waals surface area contributed by atoms with E-state index in [1.807, 2.05) is 54.6 Å². The van der Waals surface area contributed by atoms with Gasteiger partial charge in [-0.1, -0.05) is 115 Å². The highest BCUT2D eigenvalue weighted by molar-refractivity contribution is 6.11. The molecule has 10 aromatic rings. The molecule has 0 spiro atoms. The zero-order valence-electron chi connectivity index (χ0n) is 28.1. The lowest BCUT2D eigenvalue weighted by Crippen LogP contribution is -2.14. The van der Waals surface area contributed by atoms with Crippen LogP contribution in [0.4, 0.5) is 34.1 Å². The first-order chi connectivity index (χ1) is 25.8. The molecule has 0 saturated heterocycles. The summed E-state index contributed by atoms with van der Waals surface area (Å²) in [5.74, 6) is 0.561. The minimum Gasteiger partial charge on any atom is -0.454 e. The zero-order valence-corrected chi connectivity index (χ0v) is 28.1. The fraction of sp³-hybridized carbons (Fsp3) is 0. The fourth-order valence-corrected chi connectivity index (χ4v) is 7.23. The number of anilines is 6. The lowest BCUT2D eigenvalue weighted by Gasteiger charge is -2.29. The first-order valence-corrected chi connectivity index (χ1v) is 17.4. The summed E-state index contributed by atoms with van der Waals surface area (Å²) in [6.07, 6.45) is 0. The molecular weight excluding hydrogens is 639 g/mol. The molecule has 0 atom stereocenters. The van der Waals surface area contributed by atoms with Gasteiger partial charge in [0.2, 0.25) is 5.89 Å². The third-order valence-electron chi connectivity index (χ3n) is 9.62. The largest absolute Gasteiger partial charge is 0.454 e. The second kappa shape index (κ2) is 12.3. The highest BCUT2D eigenvalue weighted by atomic mass is 16.3. The van der Waals surface area contributed by atoms with E-state index in [0.717, 1.165) is 72.5 Å². The molecule has 5 heteroatoms. The SMILES string of the molecule is c1ccc(-c2nc3c(N(c4ccccc4)c4ccc5ccccc5c4)cc(N(c4ccccc4)c4cccc5c4oc4ccccc45)cc3o2)cc1. The van der Waals surface area contributed by atoms with Gasteiger partial charge in [0.1, 0.15) is 11.1 Å². The van der Waals surface area contributed by atoms with Crippen molar-refractivity contribution in [3.8, 4) is 11.5 Å². The van der Waals surface area contributed by atoms with Gasteiger partial charge in [-0.3, -0.25) is 0 Å². The van der Waals surface area contributed by atoms with E-state index in [2.05, 4.69) is 143 Å². The van der Waals surface area contributed by atoms with Crippen molar-refractivity contribution in [1.29, 1.82) is 0 Å². The van der Waals surface area contributed by atoms with E-state index in [0.29, 0.717) is 11.5 Å². The fourth-order valence-electron chi connectivity index (χ4n) is 7.23. The zero-order chi connectivity index (χ0) is 34.4. The molecule has 0 bridgehead atoms. The van der Waals surface area contributed by atoms with Gasteiger partial charge in [-0.15, -0.1) is 0 Å². The van der Waals surface area contributed by atoms with Gasteiger partial charge in [-0.25, -0.2) is 4.98 Å². The van der Waals surface area contributed by atoms with E-state index in [9.17, 15) is 0 Å². The minimum absolute atomic E-state index is 0.561. The summed E-state index contributed by atoms with van der Waals surface area (Å²) < 4.78 is 13.3. The van der Waals surface area contributed by atoms with E-state index in [1.54, 1.807) is 0 Å². The number of aromatic nitrogens is 1. The van der Waals surface area contributed by atoms with Crippen molar-refractivity contribution in [2.24, 2.45) is 0 Å². The molecule has 2 aromatic heterocycles. The van der Waals surface area contributed by atoms with Crippen LogP contribution in [0.5, 0.6) is 0 Å². The molecule has 0 radical (unpaired) electrons. The van der Waals surface area contributed by atoms with Crippen molar-refractivity contribution in [2.75, 3.05) is 9.80 Å². The molecule has 5 nitrogen and oxygen atoms in total. The van der Waals surface area contributed by atoms with E-state index in [-0.39, 0.29) is 0 Å². The predicted molar refractivity (Wildman–Crippen MR) is 214 cm³/mol. The quantitative estimate of drug-likeness (QED) is 0.169. The van der Waals surface area contributed by atoms with Crippen LogP contribution < -0.4 is 9.80 Å². The van der Waals surface area contributed by atoms with Crippen molar-refractivity contribution >= 4 is 77.9 Å². The van der Waals surface area contributed by atoms with Gasteiger partial charge in [-0.2, -0.15) is 0 Å². The first-order valence-electron chi connectivity index (χ1n) is 17.4. The number of fused-ring (bicyclic) bond motifs is 5. The van der Waals surface area contributed by atoms with Gasteiger partial charge in [0.05, 0.1) is 17.1 Å². The Labute approximate surface area is 300 Å². The summed E-state index contributed by atoms with van der Waals surface area (Å²) in [7, 11) is 0. The average Bonchev–Trinajstić information content (AvgIpc) is 3.82. The van der Waals surface area contributed by atoms with Crippen LogP contribution >= 0.6 is 0 Å². The van der Waals surface area contributed by atoms with E-state index < -0.39 is 0 Å². The monoisotopic (exact) mass is 669 g/mol.